The minimum absolute atomic E-state index is 0.474. The molecule has 14 heavy (non-hydrogen) atoms. The van der Waals surface area contributed by atoms with Crippen molar-refractivity contribution in [3.63, 3.8) is 0 Å². The number of carboxylic acids is 1. The van der Waals surface area contributed by atoms with Gasteiger partial charge in [0, 0.05) is 17.6 Å². The highest BCUT2D eigenvalue weighted by molar-refractivity contribution is 7.99. The second-order valence-corrected chi connectivity index (χ2v) is 4.86. The van der Waals surface area contributed by atoms with E-state index < -0.39 is 12.1 Å². The van der Waals surface area contributed by atoms with Gasteiger partial charge in [-0.2, -0.15) is 11.8 Å². The Kier molecular flexibility index (Phi) is 5.33. The Labute approximate surface area is 89.2 Å². The number of carboxylic acid groups (broad SMARTS) is 1. The summed E-state index contributed by atoms with van der Waals surface area (Å²) >= 11 is 1.75. The predicted octanol–water partition coefficient (Wildman–Crippen LogP) is 2.15. The van der Waals surface area contributed by atoms with Gasteiger partial charge in [0.2, 0.25) is 0 Å². The van der Waals surface area contributed by atoms with Crippen LogP contribution in [0.2, 0.25) is 0 Å². The van der Waals surface area contributed by atoms with E-state index in [0.717, 1.165) is 0 Å². The third-order valence-electron chi connectivity index (χ3n) is 2.43. The maximum atomic E-state index is 10.8. The second kappa shape index (κ2) is 6.30. The van der Waals surface area contributed by atoms with Crippen molar-refractivity contribution in [3.8, 4) is 0 Å². The summed E-state index contributed by atoms with van der Waals surface area (Å²) in [6, 6.07) is 0. The molecule has 0 heterocycles. The summed E-state index contributed by atoms with van der Waals surface area (Å²) < 4.78 is 5.14. The average molecular weight is 218 g/mol. The molecule has 0 saturated heterocycles. The van der Waals surface area contributed by atoms with E-state index >= 15 is 0 Å². The lowest BCUT2D eigenvalue weighted by Crippen LogP contribution is -2.27. The Morgan fingerprint density at radius 2 is 2.21 bits per heavy atom. The van der Waals surface area contributed by atoms with Crippen molar-refractivity contribution < 1.29 is 14.6 Å². The Bertz CT molecular complexity index is 178. The Hall–Kier alpha value is -0.220. The van der Waals surface area contributed by atoms with Crippen LogP contribution in [0.4, 0.5) is 0 Å². The topological polar surface area (TPSA) is 46.5 Å². The highest BCUT2D eigenvalue weighted by Crippen LogP contribution is 2.29. The van der Waals surface area contributed by atoms with E-state index in [9.17, 15) is 4.79 Å². The van der Waals surface area contributed by atoms with E-state index in [1.54, 1.807) is 11.8 Å². The van der Waals surface area contributed by atoms with Gasteiger partial charge in [0.25, 0.3) is 0 Å². The van der Waals surface area contributed by atoms with Crippen LogP contribution in [0, 0.1) is 0 Å². The first-order chi connectivity index (χ1) is 6.74. The maximum absolute atomic E-state index is 10.8. The molecule has 0 radical (unpaired) electrons. The lowest BCUT2D eigenvalue weighted by Gasteiger charge is -2.14. The smallest absolute Gasteiger partial charge is 0.333 e. The number of hydrogen-bond donors (Lipinski definition) is 1. The minimum Gasteiger partial charge on any atom is -0.479 e. The van der Waals surface area contributed by atoms with Gasteiger partial charge in [-0.3, -0.25) is 0 Å². The molecule has 4 heteroatoms. The van der Waals surface area contributed by atoms with Crippen LogP contribution in [-0.4, -0.2) is 34.8 Å². The predicted molar refractivity (Wildman–Crippen MR) is 57.8 cm³/mol. The van der Waals surface area contributed by atoms with Crippen molar-refractivity contribution in [3.05, 3.63) is 0 Å². The van der Waals surface area contributed by atoms with Crippen LogP contribution in [0.3, 0.4) is 0 Å². The quantitative estimate of drug-likeness (QED) is 0.742. The first-order valence-electron chi connectivity index (χ1n) is 5.20. The fraction of sp³-hybridized carbons (Fsp3) is 0.900. The highest BCUT2D eigenvalue weighted by atomic mass is 32.2. The van der Waals surface area contributed by atoms with Crippen molar-refractivity contribution in [2.45, 2.75) is 44.0 Å². The standard InChI is InChI=1S/C10H18O3S/c1-2-13-9(10(11)12)7-14-8-5-3-4-6-8/h8-9H,2-7H2,1H3,(H,11,12). The molecule has 0 bridgehead atoms. The van der Waals surface area contributed by atoms with Gasteiger partial charge in [-0.25, -0.2) is 4.79 Å². The minimum atomic E-state index is -0.836. The van der Waals surface area contributed by atoms with Crippen LogP contribution in [0.1, 0.15) is 32.6 Å². The summed E-state index contributed by atoms with van der Waals surface area (Å²) in [4.78, 5) is 10.8. The lowest BCUT2D eigenvalue weighted by molar-refractivity contribution is -0.148. The van der Waals surface area contributed by atoms with Gasteiger partial charge in [-0.05, 0) is 19.8 Å². The molecule has 0 spiro atoms. The van der Waals surface area contributed by atoms with E-state index in [0.29, 0.717) is 17.6 Å². The summed E-state index contributed by atoms with van der Waals surface area (Å²) in [5.74, 6) is -0.245. The fourth-order valence-corrected chi connectivity index (χ4v) is 3.02. The summed E-state index contributed by atoms with van der Waals surface area (Å²) in [6.45, 7) is 2.30. The molecule has 1 aliphatic rings. The number of thioether (sulfide) groups is 1. The highest BCUT2D eigenvalue weighted by Gasteiger charge is 2.21. The largest absolute Gasteiger partial charge is 0.479 e. The number of rotatable bonds is 6. The molecule has 1 aliphatic carbocycles. The molecule has 0 amide bonds. The third-order valence-corrected chi connectivity index (χ3v) is 3.87. The van der Waals surface area contributed by atoms with Crippen molar-refractivity contribution in [1.82, 2.24) is 0 Å². The van der Waals surface area contributed by atoms with Crippen LogP contribution >= 0.6 is 11.8 Å². The van der Waals surface area contributed by atoms with E-state index in [1.807, 2.05) is 6.92 Å². The van der Waals surface area contributed by atoms with Gasteiger partial charge in [0.15, 0.2) is 6.10 Å². The first kappa shape index (κ1) is 11.9. The van der Waals surface area contributed by atoms with Gasteiger partial charge in [-0.1, -0.05) is 12.8 Å². The van der Waals surface area contributed by atoms with Gasteiger partial charge < -0.3 is 9.84 Å². The van der Waals surface area contributed by atoms with Crippen molar-refractivity contribution >= 4 is 17.7 Å². The van der Waals surface area contributed by atoms with E-state index in [1.165, 1.54) is 25.7 Å². The van der Waals surface area contributed by atoms with Crippen molar-refractivity contribution in [1.29, 1.82) is 0 Å². The average Bonchev–Trinajstić information content (AvgIpc) is 2.64. The fourth-order valence-electron chi connectivity index (χ4n) is 1.67. The Morgan fingerprint density at radius 3 is 2.71 bits per heavy atom. The van der Waals surface area contributed by atoms with Crippen molar-refractivity contribution in [2.24, 2.45) is 0 Å². The summed E-state index contributed by atoms with van der Waals surface area (Å²) in [5, 5.41) is 9.50. The molecule has 0 aromatic heterocycles. The molecule has 0 aromatic rings. The van der Waals surface area contributed by atoms with E-state index in [2.05, 4.69) is 0 Å². The van der Waals surface area contributed by atoms with Gasteiger partial charge in [0.1, 0.15) is 0 Å². The van der Waals surface area contributed by atoms with E-state index in [-0.39, 0.29) is 0 Å². The molecule has 1 rings (SSSR count). The molecule has 1 N–H and O–H groups in total. The molecule has 82 valence electrons. The van der Waals surface area contributed by atoms with Gasteiger partial charge in [-0.15, -0.1) is 0 Å². The zero-order valence-electron chi connectivity index (χ0n) is 8.57. The van der Waals surface area contributed by atoms with Crippen LogP contribution < -0.4 is 0 Å². The van der Waals surface area contributed by atoms with Crippen molar-refractivity contribution in [2.75, 3.05) is 12.4 Å². The molecule has 1 unspecified atom stereocenters. The number of hydrogen-bond acceptors (Lipinski definition) is 3. The molecule has 0 aromatic carbocycles. The zero-order chi connectivity index (χ0) is 10.4. The Morgan fingerprint density at radius 1 is 1.57 bits per heavy atom. The van der Waals surface area contributed by atoms with Gasteiger partial charge in [0.05, 0.1) is 0 Å². The molecule has 3 nitrogen and oxygen atoms in total. The van der Waals surface area contributed by atoms with Crippen LogP contribution in [0.15, 0.2) is 0 Å². The molecule has 0 aliphatic heterocycles. The molecular weight excluding hydrogens is 200 g/mol. The molecule has 1 atom stereocenters. The maximum Gasteiger partial charge on any atom is 0.333 e. The van der Waals surface area contributed by atoms with Crippen LogP contribution in [0.25, 0.3) is 0 Å². The van der Waals surface area contributed by atoms with Crippen LogP contribution in [-0.2, 0) is 9.53 Å². The number of aliphatic carboxylic acids is 1. The summed E-state index contributed by atoms with van der Waals surface area (Å²) in [6.07, 6.45) is 4.45. The second-order valence-electron chi connectivity index (χ2n) is 3.52. The molecular formula is C10H18O3S. The number of ether oxygens (including phenoxy) is 1. The molecule has 1 fully saturated rings. The van der Waals surface area contributed by atoms with Gasteiger partial charge >= 0.3 is 5.97 Å². The summed E-state index contributed by atoms with van der Waals surface area (Å²) in [5.41, 5.74) is 0. The number of carbonyl (C=O) groups is 1. The monoisotopic (exact) mass is 218 g/mol. The molecule has 1 saturated carbocycles. The van der Waals surface area contributed by atoms with Crippen LogP contribution in [0.5, 0.6) is 0 Å². The first-order valence-corrected chi connectivity index (χ1v) is 6.25. The SMILES string of the molecule is CCOC(CSC1CCCC1)C(=O)O. The normalized spacial score (nSPS) is 19.8. The third kappa shape index (κ3) is 3.88. The summed E-state index contributed by atoms with van der Waals surface area (Å²) in [7, 11) is 0. The zero-order valence-corrected chi connectivity index (χ0v) is 9.39. The Balaban J connectivity index is 2.21. The lowest BCUT2D eigenvalue weighted by atomic mass is 10.4. The van der Waals surface area contributed by atoms with E-state index in [4.69, 9.17) is 9.84 Å².